The molecule has 0 atom stereocenters. The summed E-state index contributed by atoms with van der Waals surface area (Å²) in [5.41, 5.74) is 7.33. The zero-order valence-electron chi connectivity index (χ0n) is 19.2. The number of rotatable bonds is 4. The van der Waals surface area contributed by atoms with E-state index in [1.54, 1.807) is 26.7 Å². The number of imidazole rings is 1. The number of hydrogen-bond acceptors (Lipinski definition) is 8. The highest BCUT2D eigenvalue weighted by Gasteiger charge is 2.23. The molecule has 0 saturated heterocycles. The number of fused-ring (bicyclic) bond motifs is 3. The molecular formula is C25H23N7O2. The minimum absolute atomic E-state index is 0.699. The molecular weight excluding hydrogens is 430 g/mol. The van der Waals surface area contributed by atoms with Crippen molar-refractivity contribution in [1.82, 2.24) is 29.9 Å². The van der Waals surface area contributed by atoms with E-state index in [1.165, 1.54) is 11.1 Å². The number of methoxy groups -OCH3 is 2. The molecule has 1 aliphatic heterocycles. The number of aromatic amines is 1. The first-order valence-corrected chi connectivity index (χ1v) is 11.1. The Hall–Kier alpha value is -4.27. The molecule has 9 heteroatoms. The van der Waals surface area contributed by atoms with Crippen LogP contribution in [-0.4, -0.2) is 50.7 Å². The topological polar surface area (TPSA) is 102 Å². The lowest BCUT2D eigenvalue weighted by molar-refractivity contribution is 0.353. The van der Waals surface area contributed by atoms with Crippen LogP contribution in [0.4, 0.5) is 5.82 Å². The van der Waals surface area contributed by atoms with Crippen LogP contribution in [-0.2, 0) is 13.0 Å². The van der Waals surface area contributed by atoms with Crippen LogP contribution >= 0.6 is 0 Å². The van der Waals surface area contributed by atoms with Crippen molar-refractivity contribution in [2.75, 3.05) is 25.7 Å². The van der Waals surface area contributed by atoms with Crippen molar-refractivity contribution in [3.8, 4) is 22.8 Å². The van der Waals surface area contributed by atoms with E-state index < -0.39 is 0 Å². The number of aryl methyl sites for hydroxylation is 1. The number of anilines is 1. The lowest BCUT2D eigenvalue weighted by atomic mass is 9.98. The molecule has 0 amide bonds. The molecule has 0 spiro atoms. The number of benzene rings is 1. The van der Waals surface area contributed by atoms with Crippen molar-refractivity contribution >= 4 is 28.0 Å². The fourth-order valence-electron chi connectivity index (χ4n) is 4.54. The largest absolute Gasteiger partial charge is 0.493 e. The highest BCUT2D eigenvalue weighted by atomic mass is 16.5. The predicted octanol–water partition coefficient (Wildman–Crippen LogP) is 3.85. The SMILES string of the molecule is COc1cc2c(cc1OC)CN(c1ncnc3ccc(-c4cnc5nc(C)[nH]c5c4)nc13)CC2. The summed E-state index contributed by atoms with van der Waals surface area (Å²) in [6, 6.07) is 10.1. The lowest BCUT2D eigenvalue weighted by Crippen LogP contribution is -2.31. The zero-order chi connectivity index (χ0) is 23.2. The van der Waals surface area contributed by atoms with Crippen molar-refractivity contribution in [2.24, 2.45) is 0 Å². The van der Waals surface area contributed by atoms with E-state index in [-0.39, 0.29) is 0 Å². The molecule has 1 aromatic carbocycles. The van der Waals surface area contributed by atoms with Crippen LogP contribution in [0.3, 0.4) is 0 Å². The van der Waals surface area contributed by atoms with Gasteiger partial charge in [0.1, 0.15) is 17.7 Å². The molecule has 5 heterocycles. The molecule has 0 bridgehead atoms. The third-order valence-electron chi connectivity index (χ3n) is 6.23. The van der Waals surface area contributed by atoms with Gasteiger partial charge in [-0.05, 0) is 54.8 Å². The molecule has 34 heavy (non-hydrogen) atoms. The molecule has 0 fully saturated rings. The molecule has 0 unspecified atom stereocenters. The molecule has 0 radical (unpaired) electrons. The van der Waals surface area contributed by atoms with Gasteiger partial charge in [0.2, 0.25) is 0 Å². The van der Waals surface area contributed by atoms with Crippen molar-refractivity contribution in [3.63, 3.8) is 0 Å². The van der Waals surface area contributed by atoms with Crippen LogP contribution < -0.4 is 14.4 Å². The Balaban J connectivity index is 1.40. The first kappa shape index (κ1) is 20.3. The van der Waals surface area contributed by atoms with Crippen LogP contribution in [0.25, 0.3) is 33.5 Å². The van der Waals surface area contributed by atoms with Crippen LogP contribution in [0.2, 0.25) is 0 Å². The van der Waals surface area contributed by atoms with E-state index in [4.69, 9.17) is 14.5 Å². The fourth-order valence-corrected chi connectivity index (χ4v) is 4.54. The van der Waals surface area contributed by atoms with E-state index in [2.05, 4.69) is 42.0 Å². The Morgan fingerprint density at radius 2 is 1.76 bits per heavy atom. The van der Waals surface area contributed by atoms with Crippen LogP contribution in [0.5, 0.6) is 11.5 Å². The summed E-state index contributed by atoms with van der Waals surface area (Å²) in [5.74, 6) is 3.14. The average molecular weight is 454 g/mol. The molecule has 0 aliphatic carbocycles. The first-order valence-electron chi connectivity index (χ1n) is 11.1. The summed E-state index contributed by atoms with van der Waals surface area (Å²) in [5, 5.41) is 0. The van der Waals surface area contributed by atoms with Crippen LogP contribution in [0.1, 0.15) is 17.0 Å². The number of aromatic nitrogens is 6. The molecule has 1 N–H and O–H groups in total. The molecule has 4 aromatic heterocycles. The zero-order valence-corrected chi connectivity index (χ0v) is 19.2. The van der Waals surface area contributed by atoms with Gasteiger partial charge in [0.15, 0.2) is 23.0 Å². The second-order valence-electron chi connectivity index (χ2n) is 8.33. The number of nitrogens with zero attached hydrogens (tertiary/aromatic N) is 6. The van der Waals surface area contributed by atoms with Crippen molar-refractivity contribution in [2.45, 2.75) is 19.9 Å². The monoisotopic (exact) mass is 453 g/mol. The second kappa shape index (κ2) is 7.95. The van der Waals surface area contributed by atoms with E-state index in [1.807, 2.05) is 25.1 Å². The van der Waals surface area contributed by atoms with Gasteiger partial charge < -0.3 is 19.4 Å². The van der Waals surface area contributed by atoms with Gasteiger partial charge in [-0.25, -0.2) is 24.9 Å². The molecule has 5 aromatic rings. The lowest BCUT2D eigenvalue weighted by Gasteiger charge is -2.30. The summed E-state index contributed by atoms with van der Waals surface area (Å²) < 4.78 is 11.0. The minimum atomic E-state index is 0.699. The summed E-state index contributed by atoms with van der Waals surface area (Å²) in [4.78, 5) is 28.4. The third kappa shape index (κ3) is 3.37. The quantitative estimate of drug-likeness (QED) is 0.438. The third-order valence-corrected chi connectivity index (χ3v) is 6.23. The van der Waals surface area contributed by atoms with Crippen LogP contribution in [0, 0.1) is 6.92 Å². The van der Waals surface area contributed by atoms with Crippen molar-refractivity contribution in [3.05, 3.63) is 59.8 Å². The molecule has 6 rings (SSSR count). The average Bonchev–Trinajstić information content (AvgIpc) is 3.26. The highest BCUT2D eigenvalue weighted by Crippen LogP contribution is 2.35. The van der Waals surface area contributed by atoms with Crippen molar-refractivity contribution in [1.29, 1.82) is 0 Å². The van der Waals surface area contributed by atoms with Gasteiger partial charge >= 0.3 is 0 Å². The molecule has 0 saturated carbocycles. The smallest absolute Gasteiger partial charge is 0.177 e. The molecule has 1 aliphatic rings. The van der Waals surface area contributed by atoms with Crippen molar-refractivity contribution < 1.29 is 9.47 Å². The Bertz CT molecular complexity index is 1550. The number of H-pyrrole nitrogens is 1. The number of hydrogen-bond donors (Lipinski definition) is 1. The van der Waals surface area contributed by atoms with Gasteiger partial charge in [0.05, 0.1) is 30.9 Å². The van der Waals surface area contributed by atoms with Gasteiger partial charge in [0.25, 0.3) is 0 Å². The maximum atomic E-state index is 5.52. The molecule has 170 valence electrons. The van der Waals surface area contributed by atoms with Crippen LogP contribution in [0.15, 0.2) is 42.9 Å². The van der Waals surface area contributed by atoms with E-state index in [0.29, 0.717) is 12.2 Å². The van der Waals surface area contributed by atoms with E-state index in [9.17, 15) is 0 Å². The Kier molecular flexibility index (Phi) is 4.75. The minimum Gasteiger partial charge on any atom is -0.493 e. The standard InChI is InChI=1S/C25H23N7O2/c1-14-29-20-8-16(11-26-24(20)30-14)18-4-5-19-23(31-18)25(28-13-27-19)32-7-6-15-9-21(33-2)22(34-3)10-17(15)12-32/h4-5,8-11,13H,6-7,12H2,1-3H3,(H,26,29,30). The van der Waals surface area contributed by atoms with Gasteiger partial charge in [-0.3, -0.25) is 0 Å². The fraction of sp³-hybridized carbons (Fsp3) is 0.240. The summed E-state index contributed by atoms with van der Waals surface area (Å²) in [7, 11) is 3.32. The number of nitrogens with one attached hydrogen (secondary N) is 1. The molecule has 9 nitrogen and oxygen atoms in total. The summed E-state index contributed by atoms with van der Waals surface area (Å²) in [6.07, 6.45) is 4.28. The summed E-state index contributed by atoms with van der Waals surface area (Å²) >= 11 is 0. The summed E-state index contributed by atoms with van der Waals surface area (Å²) in [6.45, 7) is 3.44. The maximum absolute atomic E-state index is 5.52. The van der Waals surface area contributed by atoms with Gasteiger partial charge in [-0.15, -0.1) is 0 Å². The second-order valence-corrected chi connectivity index (χ2v) is 8.33. The van der Waals surface area contributed by atoms with E-state index >= 15 is 0 Å². The maximum Gasteiger partial charge on any atom is 0.177 e. The van der Waals surface area contributed by atoms with E-state index in [0.717, 1.165) is 63.9 Å². The van der Waals surface area contributed by atoms with Gasteiger partial charge in [-0.1, -0.05) is 0 Å². The highest BCUT2D eigenvalue weighted by molar-refractivity contribution is 5.88. The Morgan fingerprint density at radius 3 is 2.59 bits per heavy atom. The Labute approximate surface area is 195 Å². The van der Waals surface area contributed by atoms with Gasteiger partial charge in [0, 0.05) is 24.8 Å². The predicted molar refractivity (Wildman–Crippen MR) is 129 cm³/mol. The first-order chi connectivity index (χ1) is 16.6. The normalized spacial score (nSPS) is 13.3. The number of pyridine rings is 2. The number of ether oxygens (including phenoxy) is 2. The van der Waals surface area contributed by atoms with Gasteiger partial charge in [-0.2, -0.15) is 0 Å². The Morgan fingerprint density at radius 1 is 0.941 bits per heavy atom.